The second-order valence-corrected chi connectivity index (χ2v) is 9.63. The van der Waals surface area contributed by atoms with Crippen molar-refractivity contribution in [3.8, 4) is 0 Å². The molecule has 1 heterocycles. The fourth-order valence-corrected chi connectivity index (χ4v) is 6.16. The van der Waals surface area contributed by atoms with Crippen LogP contribution in [-0.4, -0.2) is 40.6 Å². The number of nitrogens with one attached hydrogen (secondary N) is 2. The highest BCUT2D eigenvalue weighted by molar-refractivity contribution is 5.93. The van der Waals surface area contributed by atoms with Crippen molar-refractivity contribution in [2.45, 2.75) is 77.2 Å². The number of unbranched alkanes of at least 4 members (excludes halogenated alkanes) is 2. The molecule has 3 amide bonds. The highest BCUT2D eigenvalue weighted by Crippen LogP contribution is 2.55. The van der Waals surface area contributed by atoms with E-state index in [-0.39, 0.29) is 24.0 Å². The second-order valence-electron chi connectivity index (χ2n) is 9.63. The van der Waals surface area contributed by atoms with Crippen LogP contribution in [0.4, 0.5) is 10.6 Å². The van der Waals surface area contributed by atoms with E-state index >= 15 is 0 Å². The maximum atomic E-state index is 13.2. The average molecular weight is 403 g/mol. The normalized spacial score (nSPS) is 29.7. The second kappa shape index (κ2) is 8.36. The molecule has 29 heavy (non-hydrogen) atoms. The number of aromatic nitrogens is 1. The number of aryl methyl sites for hydroxylation is 1. The lowest BCUT2D eigenvalue weighted by atomic mass is 9.53. The number of anilines is 1. The minimum atomic E-state index is -0.240. The topological polar surface area (TPSA) is 87.5 Å². The van der Waals surface area contributed by atoms with Gasteiger partial charge < -0.3 is 20.1 Å². The highest BCUT2D eigenvalue weighted by Gasteiger charge is 2.51. The van der Waals surface area contributed by atoms with Gasteiger partial charge in [0.2, 0.25) is 5.91 Å². The SMILES string of the molecule is CCCCCN(CC(=O)Nc1cc(C)on1)C(=O)NC12CC3CC(CC(C3)C1)C2. The lowest BCUT2D eigenvalue weighted by Gasteiger charge is -2.57. The zero-order valence-electron chi connectivity index (χ0n) is 17.7. The van der Waals surface area contributed by atoms with Crippen LogP contribution in [0.1, 0.15) is 70.5 Å². The molecule has 4 bridgehead atoms. The van der Waals surface area contributed by atoms with E-state index in [0.717, 1.165) is 56.3 Å². The van der Waals surface area contributed by atoms with Crippen LogP contribution < -0.4 is 10.6 Å². The van der Waals surface area contributed by atoms with Gasteiger partial charge in [-0.3, -0.25) is 4.79 Å². The molecule has 7 nitrogen and oxygen atoms in total. The minimum absolute atomic E-state index is 0.0355. The summed E-state index contributed by atoms with van der Waals surface area (Å²) in [6.45, 7) is 4.54. The molecule has 1 aromatic heterocycles. The van der Waals surface area contributed by atoms with Gasteiger partial charge in [-0.25, -0.2) is 4.79 Å². The maximum absolute atomic E-state index is 13.2. The molecule has 160 valence electrons. The lowest BCUT2D eigenvalue weighted by Crippen LogP contribution is -2.62. The molecule has 5 rings (SSSR count). The molecular weight excluding hydrogens is 368 g/mol. The summed E-state index contributed by atoms with van der Waals surface area (Å²) in [5.41, 5.74) is -0.0471. The first-order valence-electron chi connectivity index (χ1n) is 11.2. The van der Waals surface area contributed by atoms with Crippen molar-refractivity contribution >= 4 is 17.8 Å². The smallest absolute Gasteiger partial charge is 0.318 e. The standard InChI is InChI=1S/C22H34N4O3/c1-3-4-5-6-26(14-20(27)23-19-7-15(2)29-25-19)21(28)24-22-11-16-8-17(12-22)10-18(9-16)13-22/h7,16-18H,3-6,8-14H2,1-2H3,(H,24,28)(H,23,25,27). The summed E-state index contributed by atoms with van der Waals surface area (Å²) in [5, 5.41) is 9.93. The number of hydrogen-bond donors (Lipinski definition) is 2. The number of hydrogen-bond acceptors (Lipinski definition) is 4. The Morgan fingerprint density at radius 1 is 1.17 bits per heavy atom. The summed E-state index contributed by atoms with van der Waals surface area (Å²) >= 11 is 0. The van der Waals surface area contributed by atoms with Gasteiger partial charge in [-0.1, -0.05) is 24.9 Å². The van der Waals surface area contributed by atoms with Gasteiger partial charge in [0.1, 0.15) is 12.3 Å². The molecule has 0 atom stereocenters. The van der Waals surface area contributed by atoms with Crippen LogP contribution in [0.5, 0.6) is 0 Å². The number of rotatable bonds is 8. The largest absolute Gasteiger partial charge is 0.360 e. The fraction of sp³-hybridized carbons (Fsp3) is 0.773. The number of nitrogens with zero attached hydrogens (tertiary/aromatic N) is 2. The summed E-state index contributed by atoms with van der Waals surface area (Å²) in [6, 6.07) is 1.59. The Kier molecular flexibility index (Phi) is 5.83. The molecule has 0 unspecified atom stereocenters. The van der Waals surface area contributed by atoms with Crippen LogP contribution in [-0.2, 0) is 4.79 Å². The van der Waals surface area contributed by atoms with Crippen LogP contribution in [0.2, 0.25) is 0 Å². The number of carbonyl (C=O) groups is 2. The van der Waals surface area contributed by atoms with Gasteiger partial charge in [-0.05, 0) is 69.6 Å². The molecule has 4 aliphatic carbocycles. The van der Waals surface area contributed by atoms with Crippen molar-refractivity contribution in [3.05, 3.63) is 11.8 Å². The van der Waals surface area contributed by atoms with Crippen molar-refractivity contribution in [1.82, 2.24) is 15.4 Å². The third-order valence-electron chi connectivity index (χ3n) is 6.96. The molecule has 2 N–H and O–H groups in total. The Morgan fingerprint density at radius 2 is 1.83 bits per heavy atom. The zero-order valence-corrected chi connectivity index (χ0v) is 17.7. The van der Waals surface area contributed by atoms with E-state index in [9.17, 15) is 9.59 Å². The zero-order chi connectivity index (χ0) is 20.4. The van der Waals surface area contributed by atoms with Crippen LogP contribution >= 0.6 is 0 Å². The quantitative estimate of drug-likeness (QED) is 0.641. The monoisotopic (exact) mass is 402 g/mol. The van der Waals surface area contributed by atoms with E-state index in [0.29, 0.717) is 18.1 Å². The Balaban J connectivity index is 1.38. The first kappa shape index (κ1) is 20.2. The summed E-state index contributed by atoms with van der Waals surface area (Å²) in [6.07, 6.45) is 10.4. The van der Waals surface area contributed by atoms with E-state index in [2.05, 4.69) is 22.7 Å². The third-order valence-corrected chi connectivity index (χ3v) is 6.96. The Morgan fingerprint density at radius 3 is 2.38 bits per heavy atom. The van der Waals surface area contributed by atoms with Gasteiger partial charge in [-0.2, -0.15) is 0 Å². The van der Waals surface area contributed by atoms with Gasteiger partial charge in [-0.15, -0.1) is 0 Å². The van der Waals surface area contributed by atoms with Crippen LogP contribution in [0.15, 0.2) is 10.6 Å². The first-order chi connectivity index (χ1) is 13.9. The van der Waals surface area contributed by atoms with Gasteiger partial charge in [0, 0.05) is 18.2 Å². The molecule has 7 heteroatoms. The Labute approximate surface area is 172 Å². The van der Waals surface area contributed by atoms with E-state index in [1.807, 2.05) is 0 Å². The van der Waals surface area contributed by atoms with Gasteiger partial charge in [0.15, 0.2) is 5.82 Å². The molecule has 0 aromatic carbocycles. The predicted octanol–water partition coefficient (Wildman–Crippen LogP) is 4.09. The van der Waals surface area contributed by atoms with Crippen LogP contribution in [0, 0.1) is 24.7 Å². The molecule has 0 spiro atoms. The lowest BCUT2D eigenvalue weighted by molar-refractivity contribution is -0.116. The maximum Gasteiger partial charge on any atom is 0.318 e. The van der Waals surface area contributed by atoms with E-state index in [1.165, 1.54) is 19.3 Å². The third kappa shape index (κ3) is 4.75. The minimum Gasteiger partial charge on any atom is -0.360 e. The van der Waals surface area contributed by atoms with Crippen molar-refractivity contribution in [1.29, 1.82) is 0 Å². The van der Waals surface area contributed by atoms with Gasteiger partial charge >= 0.3 is 6.03 Å². The van der Waals surface area contributed by atoms with Crippen molar-refractivity contribution in [2.24, 2.45) is 17.8 Å². The highest BCUT2D eigenvalue weighted by atomic mass is 16.5. The van der Waals surface area contributed by atoms with Crippen LogP contribution in [0.3, 0.4) is 0 Å². The summed E-state index contributed by atoms with van der Waals surface area (Å²) < 4.78 is 5.00. The summed E-state index contributed by atoms with van der Waals surface area (Å²) in [7, 11) is 0. The number of carbonyl (C=O) groups excluding carboxylic acids is 2. The molecule has 4 saturated carbocycles. The molecule has 4 fully saturated rings. The van der Waals surface area contributed by atoms with E-state index in [1.54, 1.807) is 17.9 Å². The molecular formula is C22H34N4O3. The molecule has 1 aromatic rings. The van der Waals surface area contributed by atoms with E-state index in [4.69, 9.17) is 4.52 Å². The molecule has 0 aliphatic heterocycles. The fourth-order valence-electron chi connectivity index (χ4n) is 6.16. The van der Waals surface area contributed by atoms with Gasteiger partial charge in [0.25, 0.3) is 0 Å². The van der Waals surface area contributed by atoms with Crippen molar-refractivity contribution in [2.75, 3.05) is 18.4 Å². The molecule has 0 saturated heterocycles. The van der Waals surface area contributed by atoms with Crippen LogP contribution in [0.25, 0.3) is 0 Å². The van der Waals surface area contributed by atoms with Crippen molar-refractivity contribution < 1.29 is 14.1 Å². The molecule has 0 radical (unpaired) electrons. The number of amides is 3. The van der Waals surface area contributed by atoms with E-state index < -0.39 is 0 Å². The summed E-state index contributed by atoms with van der Waals surface area (Å²) in [4.78, 5) is 27.4. The summed E-state index contributed by atoms with van der Waals surface area (Å²) in [5.74, 6) is 3.11. The predicted molar refractivity (Wildman–Crippen MR) is 110 cm³/mol. The molecule has 4 aliphatic rings. The average Bonchev–Trinajstić information content (AvgIpc) is 3.04. The van der Waals surface area contributed by atoms with Crippen molar-refractivity contribution in [3.63, 3.8) is 0 Å². The number of urea groups is 1. The Bertz CT molecular complexity index is 709. The Hall–Kier alpha value is -2.05. The first-order valence-corrected chi connectivity index (χ1v) is 11.2. The van der Waals surface area contributed by atoms with Gasteiger partial charge in [0.05, 0.1) is 0 Å².